The number of likely N-dealkylation sites (N-methyl/N-ethyl adjacent to an activating group) is 1. The molecule has 136 valence electrons. The van der Waals surface area contributed by atoms with E-state index in [1.165, 1.54) is 11.8 Å². The fraction of sp³-hybridized carbons (Fsp3) is 0.278. The van der Waals surface area contributed by atoms with E-state index in [2.05, 4.69) is 10.3 Å². The lowest BCUT2D eigenvalue weighted by Gasteiger charge is -2.20. The summed E-state index contributed by atoms with van der Waals surface area (Å²) in [6, 6.07) is 9.76. The molecule has 2 amide bonds. The van der Waals surface area contributed by atoms with Crippen molar-refractivity contribution in [1.29, 1.82) is 0 Å². The van der Waals surface area contributed by atoms with Crippen LogP contribution in [0, 0.1) is 0 Å². The number of thiophene rings is 1. The van der Waals surface area contributed by atoms with Gasteiger partial charge in [0.15, 0.2) is 5.16 Å². The van der Waals surface area contributed by atoms with E-state index in [1.54, 1.807) is 22.4 Å². The van der Waals surface area contributed by atoms with Crippen LogP contribution in [-0.2, 0) is 16.1 Å². The maximum atomic E-state index is 12.5. The Morgan fingerprint density at radius 2 is 2.19 bits per heavy atom. The molecule has 3 aromatic heterocycles. The van der Waals surface area contributed by atoms with Crippen molar-refractivity contribution in [3.05, 3.63) is 53.0 Å². The molecule has 6 nitrogen and oxygen atoms in total. The van der Waals surface area contributed by atoms with Crippen LogP contribution in [0.15, 0.2) is 53.3 Å². The van der Waals surface area contributed by atoms with Crippen LogP contribution in [0.1, 0.15) is 11.8 Å². The fourth-order valence-electron chi connectivity index (χ4n) is 2.45. The minimum atomic E-state index is -0.148. The minimum absolute atomic E-state index is 0.0727. The van der Waals surface area contributed by atoms with Crippen molar-refractivity contribution in [2.45, 2.75) is 18.6 Å². The molecule has 0 fully saturated rings. The quantitative estimate of drug-likeness (QED) is 0.603. The number of rotatable bonds is 8. The molecule has 0 atom stereocenters. The Kier molecular flexibility index (Phi) is 6.30. The van der Waals surface area contributed by atoms with Crippen LogP contribution in [0.3, 0.4) is 0 Å². The summed E-state index contributed by atoms with van der Waals surface area (Å²) in [4.78, 5) is 31.6. The molecule has 0 aromatic carbocycles. The standard InChI is InChI=1S/C18H20N4O2S2/c1-2-21(12-16(23)19-11-15-7-5-9-25-15)17(24)13-26-18-20-10-14-6-3-4-8-22(14)18/h3-10H,2,11-13H2,1H3,(H,19,23). The zero-order valence-corrected chi connectivity index (χ0v) is 16.1. The smallest absolute Gasteiger partial charge is 0.239 e. The zero-order valence-electron chi connectivity index (χ0n) is 14.4. The van der Waals surface area contributed by atoms with Crippen molar-refractivity contribution in [3.63, 3.8) is 0 Å². The maximum Gasteiger partial charge on any atom is 0.239 e. The van der Waals surface area contributed by atoms with Gasteiger partial charge in [0.2, 0.25) is 11.8 Å². The van der Waals surface area contributed by atoms with Crippen LogP contribution >= 0.6 is 23.1 Å². The van der Waals surface area contributed by atoms with Gasteiger partial charge in [-0.25, -0.2) is 4.98 Å². The fourth-order valence-corrected chi connectivity index (χ4v) is 3.96. The molecule has 0 radical (unpaired) electrons. The minimum Gasteiger partial charge on any atom is -0.350 e. The molecule has 3 rings (SSSR count). The highest BCUT2D eigenvalue weighted by molar-refractivity contribution is 7.99. The number of nitrogens with one attached hydrogen (secondary N) is 1. The van der Waals surface area contributed by atoms with Gasteiger partial charge in [0, 0.05) is 17.6 Å². The van der Waals surface area contributed by atoms with Gasteiger partial charge in [-0.1, -0.05) is 23.9 Å². The predicted octanol–water partition coefficient (Wildman–Crippen LogP) is 2.65. The van der Waals surface area contributed by atoms with Crippen molar-refractivity contribution in [1.82, 2.24) is 19.6 Å². The van der Waals surface area contributed by atoms with Gasteiger partial charge in [-0.05, 0) is 30.5 Å². The molecular formula is C18H20N4O2S2. The van der Waals surface area contributed by atoms with E-state index in [1.807, 2.05) is 53.2 Å². The summed E-state index contributed by atoms with van der Waals surface area (Å²) < 4.78 is 1.95. The highest BCUT2D eigenvalue weighted by atomic mass is 32.2. The van der Waals surface area contributed by atoms with Crippen LogP contribution < -0.4 is 5.32 Å². The molecule has 0 aliphatic carbocycles. The van der Waals surface area contributed by atoms with E-state index in [4.69, 9.17) is 0 Å². The number of hydrogen-bond acceptors (Lipinski definition) is 5. The largest absolute Gasteiger partial charge is 0.350 e. The number of carbonyl (C=O) groups excluding carboxylic acids is 2. The Morgan fingerprint density at radius 3 is 2.96 bits per heavy atom. The molecule has 26 heavy (non-hydrogen) atoms. The van der Waals surface area contributed by atoms with Gasteiger partial charge in [-0.2, -0.15) is 0 Å². The monoisotopic (exact) mass is 388 g/mol. The van der Waals surface area contributed by atoms with Gasteiger partial charge in [0.1, 0.15) is 0 Å². The van der Waals surface area contributed by atoms with E-state index in [0.29, 0.717) is 13.1 Å². The maximum absolute atomic E-state index is 12.5. The topological polar surface area (TPSA) is 66.7 Å². The number of nitrogens with zero attached hydrogens (tertiary/aromatic N) is 3. The SMILES string of the molecule is CCN(CC(=O)NCc1cccs1)C(=O)CSc1ncc2ccccn12. The zero-order chi connectivity index (χ0) is 18.4. The summed E-state index contributed by atoms with van der Waals surface area (Å²) in [6.07, 6.45) is 3.70. The molecule has 3 heterocycles. The number of amides is 2. The second-order valence-electron chi connectivity index (χ2n) is 5.59. The Hall–Kier alpha value is -2.32. The summed E-state index contributed by atoms with van der Waals surface area (Å²) in [5.41, 5.74) is 0.989. The second kappa shape index (κ2) is 8.86. The van der Waals surface area contributed by atoms with Gasteiger partial charge >= 0.3 is 0 Å². The number of imidazole rings is 1. The Bertz CT molecular complexity index is 876. The van der Waals surface area contributed by atoms with Crippen LogP contribution in [-0.4, -0.2) is 44.9 Å². The lowest BCUT2D eigenvalue weighted by molar-refractivity contribution is -0.133. The molecular weight excluding hydrogens is 368 g/mol. The van der Waals surface area contributed by atoms with Crippen LogP contribution in [0.5, 0.6) is 0 Å². The summed E-state index contributed by atoms with van der Waals surface area (Å²) in [7, 11) is 0. The van der Waals surface area contributed by atoms with E-state index >= 15 is 0 Å². The van der Waals surface area contributed by atoms with Crippen molar-refractivity contribution in [3.8, 4) is 0 Å². The van der Waals surface area contributed by atoms with Crippen molar-refractivity contribution < 1.29 is 9.59 Å². The molecule has 0 saturated heterocycles. The number of pyridine rings is 1. The van der Waals surface area contributed by atoms with Gasteiger partial charge < -0.3 is 10.2 Å². The molecule has 0 spiro atoms. The van der Waals surface area contributed by atoms with Gasteiger partial charge in [0.05, 0.1) is 30.6 Å². The average molecular weight is 389 g/mol. The Balaban J connectivity index is 1.50. The lowest BCUT2D eigenvalue weighted by atomic mass is 10.4. The first-order valence-electron chi connectivity index (χ1n) is 8.29. The Labute approximate surface area is 160 Å². The first kappa shape index (κ1) is 18.5. The lowest BCUT2D eigenvalue weighted by Crippen LogP contribution is -2.41. The van der Waals surface area contributed by atoms with Gasteiger partial charge in [-0.3, -0.25) is 14.0 Å². The molecule has 0 unspecified atom stereocenters. The first-order valence-corrected chi connectivity index (χ1v) is 10.2. The predicted molar refractivity (Wildman–Crippen MR) is 104 cm³/mol. The number of aromatic nitrogens is 2. The number of thioether (sulfide) groups is 1. The van der Waals surface area contributed by atoms with Gasteiger partial charge in [0.25, 0.3) is 0 Å². The van der Waals surface area contributed by atoms with E-state index in [9.17, 15) is 9.59 Å². The number of fused-ring (bicyclic) bond motifs is 1. The highest BCUT2D eigenvalue weighted by Gasteiger charge is 2.17. The third-order valence-electron chi connectivity index (χ3n) is 3.84. The molecule has 0 bridgehead atoms. The summed E-state index contributed by atoms with van der Waals surface area (Å²) in [5, 5.41) is 5.60. The van der Waals surface area contributed by atoms with Crippen LogP contribution in [0.25, 0.3) is 5.52 Å². The highest BCUT2D eigenvalue weighted by Crippen LogP contribution is 2.18. The molecule has 0 aliphatic rings. The molecule has 3 aromatic rings. The molecule has 0 saturated carbocycles. The number of carbonyl (C=O) groups is 2. The van der Waals surface area contributed by atoms with Gasteiger partial charge in [-0.15, -0.1) is 11.3 Å². The average Bonchev–Trinajstić information content (AvgIpc) is 3.32. The van der Waals surface area contributed by atoms with Crippen molar-refractivity contribution >= 4 is 40.4 Å². The van der Waals surface area contributed by atoms with E-state index in [0.717, 1.165) is 15.6 Å². The molecule has 1 N–H and O–H groups in total. The molecule has 8 heteroatoms. The summed E-state index contributed by atoms with van der Waals surface area (Å²) in [5.74, 6) is 0.0290. The van der Waals surface area contributed by atoms with E-state index in [-0.39, 0.29) is 24.1 Å². The number of hydrogen-bond donors (Lipinski definition) is 1. The summed E-state index contributed by atoms with van der Waals surface area (Å²) in [6.45, 7) is 2.94. The van der Waals surface area contributed by atoms with Crippen LogP contribution in [0.4, 0.5) is 0 Å². The first-order chi connectivity index (χ1) is 12.7. The third-order valence-corrected chi connectivity index (χ3v) is 5.67. The van der Waals surface area contributed by atoms with E-state index < -0.39 is 0 Å². The van der Waals surface area contributed by atoms with Crippen molar-refractivity contribution in [2.75, 3.05) is 18.8 Å². The van der Waals surface area contributed by atoms with Crippen molar-refractivity contribution in [2.24, 2.45) is 0 Å². The second-order valence-corrected chi connectivity index (χ2v) is 7.56. The normalized spacial score (nSPS) is 10.8. The van der Waals surface area contributed by atoms with Crippen LogP contribution in [0.2, 0.25) is 0 Å². The summed E-state index contributed by atoms with van der Waals surface area (Å²) >= 11 is 2.97. The Morgan fingerprint density at radius 1 is 1.31 bits per heavy atom. The third kappa shape index (κ3) is 4.64. The molecule has 0 aliphatic heterocycles.